The third-order valence-electron chi connectivity index (χ3n) is 5.48. The number of benzene rings is 1. The van der Waals surface area contributed by atoms with E-state index >= 15 is 0 Å². The number of amides is 1. The van der Waals surface area contributed by atoms with E-state index in [4.69, 9.17) is 0 Å². The number of phenolic OH excluding ortho intramolecular Hbond substituents is 1. The summed E-state index contributed by atoms with van der Waals surface area (Å²) in [6.07, 6.45) is 1.52. The molecule has 3 aromatic rings. The summed E-state index contributed by atoms with van der Waals surface area (Å²) in [7, 11) is -3.84. The molecule has 10 heteroatoms. The van der Waals surface area contributed by atoms with Crippen molar-refractivity contribution in [3.8, 4) is 11.6 Å². The van der Waals surface area contributed by atoms with E-state index in [2.05, 4.69) is 10.1 Å². The van der Waals surface area contributed by atoms with Gasteiger partial charge in [0.25, 0.3) is 5.91 Å². The van der Waals surface area contributed by atoms with Gasteiger partial charge in [-0.05, 0) is 56.7 Å². The molecule has 0 aliphatic carbocycles. The molecule has 1 fully saturated rings. The normalized spacial score (nSPS) is 15.2. The average molecular weight is 456 g/mol. The zero-order valence-corrected chi connectivity index (χ0v) is 19.0. The molecule has 1 aliphatic rings. The summed E-state index contributed by atoms with van der Waals surface area (Å²) in [5.41, 5.74) is 3.01. The Balaban J connectivity index is 1.44. The predicted molar refractivity (Wildman–Crippen MR) is 118 cm³/mol. The second kappa shape index (κ2) is 8.36. The van der Waals surface area contributed by atoms with Gasteiger partial charge >= 0.3 is 0 Å². The first kappa shape index (κ1) is 22.0. The molecular weight excluding hydrogens is 430 g/mol. The Morgan fingerprint density at radius 1 is 1.00 bits per heavy atom. The Kier molecular flexibility index (Phi) is 5.74. The Morgan fingerprint density at radius 3 is 2.31 bits per heavy atom. The lowest BCUT2D eigenvalue weighted by Crippen LogP contribution is -2.50. The van der Waals surface area contributed by atoms with Crippen molar-refractivity contribution in [3.63, 3.8) is 0 Å². The lowest BCUT2D eigenvalue weighted by molar-refractivity contribution is 0.0697. The van der Waals surface area contributed by atoms with Crippen molar-refractivity contribution in [2.75, 3.05) is 26.2 Å². The van der Waals surface area contributed by atoms with Crippen LogP contribution in [0.4, 0.5) is 0 Å². The van der Waals surface area contributed by atoms with Crippen LogP contribution in [-0.2, 0) is 10.0 Å². The van der Waals surface area contributed by atoms with Crippen LogP contribution in [-0.4, -0.2) is 69.6 Å². The molecule has 0 saturated carbocycles. The molecule has 3 heterocycles. The zero-order chi connectivity index (χ0) is 23.0. The zero-order valence-electron chi connectivity index (χ0n) is 18.2. The van der Waals surface area contributed by atoms with Gasteiger partial charge in [0, 0.05) is 38.1 Å². The fourth-order valence-electron chi connectivity index (χ4n) is 3.78. The average Bonchev–Trinajstić information content (AvgIpc) is 3.13. The highest BCUT2D eigenvalue weighted by atomic mass is 32.2. The molecule has 168 valence electrons. The van der Waals surface area contributed by atoms with Crippen molar-refractivity contribution in [1.82, 2.24) is 24.0 Å². The maximum Gasteiger partial charge on any atom is 0.255 e. The number of carbonyl (C=O) groups excluding carboxylic acids is 1. The Hall–Kier alpha value is -3.24. The van der Waals surface area contributed by atoms with Crippen LogP contribution in [0.15, 0.2) is 47.5 Å². The Bertz CT molecular complexity index is 1260. The predicted octanol–water partition coefficient (Wildman–Crippen LogP) is 2.04. The number of pyridine rings is 1. The monoisotopic (exact) mass is 455 g/mol. The molecule has 9 nitrogen and oxygen atoms in total. The minimum Gasteiger partial charge on any atom is -0.507 e. The molecule has 1 aliphatic heterocycles. The molecule has 32 heavy (non-hydrogen) atoms. The number of rotatable bonds is 4. The molecule has 0 spiro atoms. The third kappa shape index (κ3) is 4.11. The summed E-state index contributed by atoms with van der Waals surface area (Å²) in [4.78, 5) is 18.8. The molecule has 1 N–H and O–H groups in total. The van der Waals surface area contributed by atoms with Crippen molar-refractivity contribution in [2.24, 2.45) is 0 Å². The number of aryl methyl sites for hydroxylation is 3. The van der Waals surface area contributed by atoms with Crippen molar-refractivity contribution in [1.29, 1.82) is 0 Å². The van der Waals surface area contributed by atoms with Crippen molar-refractivity contribution in [3.05, 3.63) is 65.1 Å². The molecule has 1 aromatic carbocycles. The number of hydrogen-bond acceptors (Lipinski definition) is 6. The SMILES string of the molecule is Cc1ccc(O)c(S(=O)(=O)N2CCN(C(=O)c3ccc(-n4nc(C)cc4C)nc3)CC2)c1. The quantitative estimate of drug-likeness (QED) is 0.645. The van der Waals surface area contributed by atoms with Crippen LogP contribution in [0.5, 0.6) is 5.75 Å². The third-order valence-corrected chi connectivity index (χ3v) is 7.41. The lowest BCUT2D eigenvalue weighted by atomic mass is 10.2. The van der Waals surface area contributed by atoms with E-state index in [1.165, 1.54) is 22.6 Å². The summed E-state index contributed by atoms with van der Waals surface area (Å²) in [6.45, 7) is 6.42. The van der Waals surface area contributed by atoms with E-state index in [1.807, 2.05) is 19.9 Å². The summed E-state index contributed by atoms with van der Waals surface area (Å²) >= 11 is 0. The van der Waals surface area contributed by atoms with Gasteiger partial charge in [0.2, 0.25) is 10.0 Å². The summed E-state index contributed by atoms with van der Waals surface area (Å²) in [6, 6.07) is 9.88. The minimum absolute atomic E-state index is 0.110. The van der Waals surface area contributed by atoms with E-state index in [0.717, 1.165) is 17.0 Å². The fourth-order valence-corrected chi connectivity index (χ4v) is 5.37. The van der Waals surface area contributed by atoms with Crippen LogP contribution in [0.1, 0.15) is 27.3 Å². The first-order valence-corrected chi connectivity index (χ1v) is 11.7. The van der Waals surface area contributed by atoms with Crippen LogP contribution in [0.3, 0.4) is 0 Å². The van der Waals surface area contributed by atoms with Crippen molar-refractivity contribution in [2.45, 2.75) is 25.7 Å². The smallest absolute Gasteiger partial charge is 0.255 e. The number of aromatic hydroxyl groups is 1. The van der Waals surface area contributed by atoms with Gasteiger partial charge in [-0.3, -0.25) is 4.79 Å². The van der Waals surface area contributed by atoms with Crippen LogP contribution >= 0.6 is 0 Å². The highest BCUT2D eigenvalue weighted by molar-refractivity contribution is 7.89. The van der Waals surface area contributed by atoms with Crippen LogP contribution in [0, 0.1) is 20.8 Å². The van der Waals surface area contributed by atoms with Gasteiger partial charge < -0.3 is 10.0 Å². The highest BCUT2D eigenvalue weighted by Gasteiger charge is 2.32. The first-order chi connectivity index (χ1) is 15.2. The summed E-state index contributed by atoms with van der Waals surface area (Å²) in [5.74, 6) is 0.150. The van der Waals surface area contributed by atoms with E-state index < -0.39 is 10.0 Å². The second-order valence-corrected chi connectivity index (χ2v) is 9.82. The number of carbonyl (C=O) groups is 1. The number of hydrogen-bond donors (Lipinski definition) is 1. The molecular formula is C22H25N5O4S. The fraction of sp³-hybridized carbons (Fsp3) is 0.318. The van der Waals surface area contributed by atoms with Crippen LogP contribution < -0.4 is 0 Å². The van der Waals surface area contributed by atoms with E-state index in [1.54, 1.807) is 34.7 Å². The Morgan fingerprint density at radius 2 is 1.72 bits per heavy atom. The Labute approximate surface area is 187 Å². The summed E-state index contributed by atoms with van der Waals surface area (Å²) < 4.78 is 28.9. The van der Waals surface area contributed by atoms with Gasteiger partial charge in [-0.1, -0.05) is 6.07 Å². The van der Waals surface area contributed by atoms with E-state index in [0.29, 0.717) is 11.4 Å². The maximum atomic E-state index is 13.0. The summed E-state index contributed by atoms with van der Waals surface area (Å²) in [5, 5.41) is 14.4. The molecule has 1 amide bonds. The molecule has 0 radical (unpaired) electrons. The van der Waals surface area contributed by atoms with Crippen LogP contribution in [0.25, 0.3) is 5.82 Å². The first-order valence-electron chi connectivity index (χ1n) is 10.3. The highest BCUT2D eigenvalue weighted by Crippen LogP contribution is 2.27. The molecule has 0 unspecified atom stereocenters. The topological polar surface area (TPSA) is 109 Å². The molecule has 2 aromatic heterocycles. The molecule has 0 bridgehead atoms. The standard InChI is InChI=1S/C22H25N5O4S/c1-15-4-6-19(28)20(12-15)32(30,31)26-10-8-25(9-11-26)22(29)18-5-7-21(23-14-18)27-17(3)13-16(2)24-27/h4-7,12-14,28H,8-11H2,1-3H3. The lowest BCUT2D eigenvalue weighted by Gasteiger charge is -2.34. The maximum absolute atomic E-state index is 13.0. The number of nitrogens with zero attached hydrogens (tertiary/aromatic N) is 5. The molecule has 4 rings (SSSR count). The van der Waals surface area contributed by atoms with Gasteiger partial charge in [-0.25, -0.2) is 18.1 Å². The van der Waals surface area contributed by atoms with Gasteiger partial charge in [-0.15, -0.1) is 0 Å². The molecule has 0 atom stereocenters. The molecule has 1 saturated heterocycles. The number of phenols is 1. The largest absolute Gasteiger partial charge is 0.507 e. The van der Waals surface area contributed by atoms with Crippen molar-refractivity contribution >= 4 is 15.9 Å². The number of piperazine rings is 1. The number of sulfonamides is 1. The van der Waals surface area contributed by atoms with Gasteiger partial charge in [0.05, 0.1) is 11.3 Å². The van der Waals surface area contributed by atoms with E-state index in [-0.39, 0.29) is 42.7 Å². The van der Waals surface area contributed by atoms with Gasteiger partial charge in [0.15, 0.2) is 5.82 Å². The van der Waals surface area contributed by atoms with Crippen LogP contribution in [0.2, 0.25) is 0 Å². The second-order valence-electron chi connectivity index (χ2n) is 7.91. The number of aromatic nitrogens is 3. The minimum atomic E-state index is -3.84. The van der Waals surface area contributed by atoms with Crippen molar-refractivity contribution < 1.29 is 18.3 Å². The van der Waals surface area contributed by atoms with E-state index in [9.17, 15) is 18.3 Å². The van der Waals surface area contributed by atoms with Gasteiger partial charge in [-0.2, -0.15) is 9.40 Å². The van der Waals surface area contributed by atoms with Gasteiger partial charge in [0.1, 0.15) is 10.6 Å².